The molecule has 5 rings (SSSR count). The van der Waals surface area contributed by atoms with Crippen molar-refractivity contribution in [2.24, 2.45) is 0 Å². The zero-order chi connectivity index (χ0) is 20.7. The number of hydrogen-bond acceptors (Lipinski definition) is 8. The molecule has 152 valence electrons. The molecule has 0 atom stereocenters. The van der Waals surface area contributed by atoms with E-state index in [-0.39, 0.29) is 12.4 Å². The Kier molecular flexibility index (Phi) is 4.66. The van der Waals surface area contributed by atoms with Crippen LogP contribution in [0.5, 0.6) is 11.5 Å². The zero-order valence-electron chi connectivity index (χ0n) is 16.4. The molecule has 0 N–H and O–H groups in total. The molecular formula is C21H18N4O4S. The summed E-state index contributed by atoms with van der Waals surface area (Å²) in [6, 6.07) is 11.4. The molecule has 30 heavy (non-hydrogen) atoms. The van der Waals surface area contributed by atoms with Crippen molar-refractivity contribution in [1.29, 1.82) is 0 Å². The van der Waals surface area contributed by atoms with Gasteiger partial charge in [0.05, 0.1) is 16.7 Å². The lowest BCUT2D eigenvalue weighted by Gasteiger charge is -2.10. The highest BCUT2D eigenvalue weighted by Crippen LogP contribution is 2.35. The summed E-state index contributed by atoms with van der Waals surface area (Å²) in [5.41, 5.74) is 2.52. The van der Waals surface area contributed by atoms with Crippen molar-refractivity contribution in [2.75, 3.05) is 6.79 Å². The van der Waals surface area contributed by atoms with Gasteiger partial charge in [-0.2, -0.15) is 4.98 Å². The number of rotatable bonds is 5. The normalized spacial score (nSPS) is 12.6. The number of nitrogens with zero attached hydrogens (tertiary/aromatic N) is 4. The number of ether oxygens (including phenoxy) is 2. The monoisotopic (exact) mass is 422 g/mol. The Bertz CT molecular complexity index is 1300. The van der Waals surface area contributed by atoms with E-state index in [1.165, 1.54) is 17.3 Å². The standard InChI is InChI=1S/C21H18N4O4S/c1-3-25-20(26)14-8-16-17(28-11-27-16)9-15(14)22-21(25)30-10-18-23-19(24-29-18)13-6-4-12(2)5-7-13/h4-9H,3,10-11H2,1-2H3. The van der Waals surface area contributed by atoms with Crippen LogP contribution in [0.2, 0.25) is 0 Å². The Morgan fingerprint density at radius 3 is 2.63 bits per heavy atom. The molecule has 4 aromatic rings. The number of aromatic nitrogens is 4. The van der Waals surface area contributed by atoms with Crippen molar-refractivity contribution < 1.29 is 14.0 Å². The predicted molar refractivity (Wildman–Crippen MR) is 112 cm³/mol. The second kappa shape index (κ2) is 7.49. The van der Waals surface area contributed by atoms with E-state index in [9.17, 15) is 4.79 Å². The third kappa shape index (κ3) is 3.30. The van der Waals surface area contributed by atoms with E-state index in [0.717, 1.165) is 5.56 Å². The van der Waals surface area contributed by atoms with Gasteiger partial charge in [-0.25, -0.2) is 4.98 Å². The van der Waals surface area contributed by atoms with Crippen LogP contribution in [0.1, 0.15) is 18.4 Å². The third-order valence-corrected chi connectivity index (χ3v) is 5.79. The molecule has 2 aromatic carbocycles. The molecule has 0 aliphatic carbocycles. The third-order valence-electron chi connectivity index (χ3n) is 4.83. The van der Waals surface area contributed by atoms with Crippen molar-refractivity contribution in [3.63, 3.8) is 0 Å². The summed E-state index contributed by atoms with van der Waals surface area (Å²) >= 11 is 1.38. The lowest BCUT2D eigenvalue weighted by Crippen LogP contribution is -2.22. The average molecular weight is 422 g/mol. The number of thioether (sulfide) groups is 1. The summed E-state index contributed by atoms with van der Waals surface area (Å²) in [5.74, 6) is 2.58. The Labute approximate surface area is 175 Å². The molecule has 0 saturated carbocycles. The Hall–Kier alpha value is -3.33. The minimum atomic E-state index is -0.117. The van der Waals surface area contributed by atoms with Crippen LogP contribution in [-0.4, -0.2) is 26.5 Å². The molecule has 0 radical (unpaired) electrons. The van der Waals surface area contributed by atoms with E-state index in [0.29, 0.717) is 51.6 Å². The summed E-state index contributed by atoms with van der Waals surface area (Å²) in [4.78, 5) is 22.1. The first kappa shape index (κ1) is 18.7. The van der Waals surface area contributed by atoms with Crippen molar-refractivity contribution in [3.8, 4) is 22.9 Å². The van der Waals surface area contributed by atoms with Gasteiger partial charge < -0.3 is 14.0 Å². The van der Waals surface area contributed by atoms with Crippen LogP contribution in [0.4, 0.5) is 0 Å². The van der Waals surface area contributed by atoms with Gasteiger partial charge in [-0.1, -0.05) is 46.7 Å². The summed E-state index contributed by atoms with van der Waals surface area (Å²) in [7, 11) is 0. The van der Waals surface area contributed by atoms with Gasteiger partial charge in [0.1, 0.15) is 0 Å². The van der Waals surface area contributed by atoms with Gasteiger partial charge in [0.2, 0.25) is 18.5 Å². The smallest absolute Gasteiger partial charge is 0.262 e. The topological polar surface area (TPSA) is 92.3 Å². The molecule has 0 bridgehead atoms. The van der Waals surface area contributed by atoms with Gasteiger partial charge >= 0.3 is 0 Å². The van der Waals surface area contributed by atoms with Crippen molar-refractivity contribution in [1.82, 2.24) is 19.7 Å². The average Bonchev–Trinajstić information content (AvgIpc) is 3.41. The first-order valence-corrected chi connectivity index (χ1v) is 10.5. The predicted octanol–water partition coefficient (Wildman–Crippen LogP) is 3.80. The fourth-order valence-electron chi connectivity index (χ4n) is 3.24. The fourth-order valence-corrected chi connectivity index (χ4v) is 4.14. The minimum Gasteiger partial charge on any atom is -0.454 e. The van der Waals surface area contributed by atoms with Crippen LogP contribution < -0.4 is 15.0 Å². The Morgan fingerprint density at radius 2 is 1.87 bits per heavy atom. The quantitative estimate of drug-likeness (QED) is 0.354. The Balaban J connectivity index is 1.43. The SMILES string of the molecule is CCn1c(SCc2nc(-c3ccc(C)cc3)no2)nc2cc3c(cc2c1=O)OCO3. The number of hydrogen-bond donors (Lipinski definition) is 0. The molecular weight excluding hydrogens is 404 g/mol. The molecule has 0 fully saturated rings. The Morgan fingerprint density at radius 1 is 1.10 bits per heavy atom. The molecule has 0 saturated heterocycles. The zero-order valence-corrected chi connectivity index (χ0v) is 17.2. The van der Waals surface area contributed by atoms with Gasteiger partial charge in [0.15, 0.2) is 16.7 Å². The lowest BCUT2D eigenvalue weighted by molar-refractivity contribution is 0.174. The molecule has 1 aliphatic heterocycles. The van der Waals surface area contributed by atoms with Crippen LogP contribution in [-0.2, 0) is 12.3 Å². The maximum absolute atomic E-state index is 13.0. The minimum absolute atomic E-state index is 0.117. The number of aryl methyl sites for hydroxylation is 1. The van der Waals surface area contributed by atoms with Gasteiger partial charge in [-0.15, -0.1) is 0 Å². The molecule has 8 nitrogen and oxygen atoms in total. The molecule has 0 amide bonds. The first-order chi connectivity index (χ1) is 14.6. The first-order valence-electron chi connectivity index (χ1n) is 9.49. The van der Waals surface area contributed by atoms with Crippen LogP contribution in [0.25, 0.3) is 22.3 Å². The van der Waals surface area contributed by atoms with Gasteiger partial charge in [0, 0.05) is 18.2 Å². The number of benzene rings is 2. The lowest BCUT2D eigenvalue weighted by atomic mass is 10.1. The molecule has 1 aliphatic rings. The second-order valence-corrected chi connectivity index (χ2v) is 7.78. The van der Waals surface area contributed by atoms with E-state index in [1.807, 2.05) is 38.1 Å². The summed E-state index contributed by atoms with van der Waals surface area (Å²) in [6.45, 7) is 4.58. The summed E-state index contributed by atoms with van der Waals surface area (Å²) < 4.78 is 17.8. The maximum Gasteiger partial charge on any atom is 0.262 e. The van der Waals surface area contributed by atoms with Crippen LogP contribution in [0.15, 0.2) is 50.9 Å². The number of fused-ring (bicyclic) bond motifs is 2. The van der Waals surface area contributed by atoms with Crippen LogP contribution in [0.3, 0.4) is 0 Å². The van der Waals surface area contributed by atoms with Crippen molar-refractivity contribution in [2.45, 2.75) is 31.3 Å². The van der Waals surface area contributed by atoms with Crippen LogP contribution >= 0.6 is 11.8 Å². The highest BCUT2D eigenvalue weighted by atomic mass is 32.2. The fraction of sp³-hybridized carbons (Fsp3) is 0.238. The van der Waals surface area contributed by atoms with E-state index in [2.05, 4.69) is 15.1 Å². The van der Waals surface area contributed by atoms with Gasteiger partial charge in [0.25, 0.3) is 5.56 Å². The van der Waals surface area contributed by atoms with E-state index >= 15 is 0 Å². The highest BCUT2D eigenvalue weighted by molar-refractivity contribution is 7.98. The maximum atomic E-state index is 13.0. The summed E-state index contributed by atoms with van der Waals surface area (Å²) in [6.07, 6.45) is 0. The molecule has 2 aromatic heterocycles. The highest BCUT2D eigenvalue weighted by Gasteiger charge is 2.19. The molecule has 0 unspecified atom stereocenters. The molecule has 3 heterocycles. The second-order valence-electron chi connectivity index (χ2n) is 6.83. The largest absolute Gasteiger partial charge is 0.454 e. The van der Waals surface area contributed by atoms with E-state index < -0.39 is 0 Å². The van der Waals surface area contributed by atoms with Gasteiger partial charge in [-0.05, 0) is 19.9 Å². The van der Waals surface area contributed by atoms with Crippen LogP contribution in [0, 0.1) is 6.92 Å². The molecule has 0 spiro atoms. The van der Waals surface area contributed by atoms with Crippen molar-refractivity contribution in [3.05, 3.63) is 58.2 Å². The molecule has 9 heteroatoms. The van der Waals surface area contributed by atoms with Gasteiger partial charge in [-0.3, -0.25) is 9.36 Å². The summed E-state index contributed by atoms with van der Waals surface area (Å²) in [5, 5.41) is 5.15. The van der Waals surface area contributed by atoms with E-state index in [1.54, 1.807) is 16.7 Å². The van der Waals surface area contributed by atoms with Crippen molar-refractivity contribution >= 4 is 22.7 Å². The van der Waals surface area contributed by atoms with E-state index in [4.69, 9.17) is 14.0 Å².